The zero-order chi connectivity index (χ0) is 21.1. The lowest BCUT2D eigenvalue weighted by atomic mass is 9.99. The number of fused-ring (bicyclic) bond motifs is 1. The van der Waals surface area contributed by atoms with Gasteiger partial charge in [-0.1, -0.05) is 25.8 Å². The molecule has 0 aromatic heterocycles. The lowest BCUT2D eigenvalue weighted by Gasteiger charge is -2.30. The minimum absolute atomic E-state index is 0.0708. The number of nitrogens with zero attached hydrogens (tertiary/aromatic N) is 1. The third kappa shape index (κ3) is 5.06. The van der Waals surface area contributed by atoms with Gasteiger partial charge < -0.3 is 10.2 Å². The number of carbonyl (C=O) groups is 1. The van der Waals surface area contributed by atoms with Crippen LogP contribution in [0.25, 0.3) is 0 Å². The van der Waals surface area contributed by atoms with Gasteiger partial charge in [0.15, 0.2) is 0 Å². The Morgan fingerprint density at radius 1 is 1.10 bits per heavy atom. The first kappa shape index (κ1) is 21.8. The van der Waals surface area contributed by atoms with E-state index in [4.69, 9.17) is 0 Å². The molecular weight excluding hydrogens is 398 g/mol. The molecule has 1 aromatic rings. The van der Waals surface area contributed by atoms with Gasteiger partial charge in [-0.25, -0.2) is 13.1 Å². The number of rotatable bonds is 7. The molecule has 0 bridgehead atoms. The van der Waals surface area contributed by atoms with Crippen LogP contribution < -0.4 is 10.0 Å². The zero-order valence-corrected chi connectivity index (χ0v) is 18.8. The van der Waals surface area contributed by atoms with Crippen LogP contribution in [0.5, 0.6) is 0 Å². The molecule has 0 radical (unpaired) electrons. The van der Waals surface area contributed by atoms with Crippen LogP contribution in [0.15, 0.2) is 23.1 Å². The van der Waals surface area contributed by atoms with Crippen molar-refractivity contribution < 1.29 is 13.2 Å². The van der Waals surface area contributed by atoms with Crippen molar-refractivity contribution in [3.05, 3.63) is 29.3 Å². The number of sulfonamides is 1. The Labute approximate surface area is 180 Å². The molecule has 4 rings (SSSR count). The van der Waals surface area contributed by atoms with E-state index in [1.807, 2.05) is 6.07 Å². The molecule has 1 saturated heterocycles. The van der Waals surface area contributed by atoms with E-state index in [1.165, 1.54) is 12.8 Å². The zero-order valence-electron chi connectivity index (χ0n) is 18.0. The Bertz CT molecular complexity index is 856. The number of piperidine rings is 1. The second-order valence-electron chi connectivity index (χ2n) is 9.36. The van der Waals surface area contributed by atoms with Crippen LogP contribution in [0.4, 0.5) is 0 Å². The number of benzene rings is 1. The normalized spacial score (nSPS) is 23.6. The van der Waals surface area contributed by atoms with Crippen molar-refractivity contribution in [2.45, 2.75) is 69.2 Å². The van der Waals surface area contributed by atoms with Crippen molar-refractivity contribution in [3.8, 4) is 0 Å². The third-order valence-electron chi connectivity index (χ3n) is 7.14. The maximum atomic E-state index is 12.8. The molecule has 1 atom stereocenters. The van der Waals surface area contributed by atoms with Gasteiger partial charge >= 0.3 is 0 Å². The first-order valence-electron chi connectivity index (χ1n) is 11.6. The van der Waals surface area contributed by atoms with E-state index < -0.39 is 10.0 Å². The molecule has 166 valence electrons. The summed E-state index contributed by atoms with van der Waals surface area (Å²) >= 11 is 0. The molecule has 7 heteroatoms. The second kappa shape index (κ2) is 9.37. The smallest absolute Gasteiger partial charge is 0.240 e. The van der Waals surface area contributed by atoms with Crippen LogP contribution in [0.3, 0.4) is 0 Å². The molecule has 0 unspecified atom stereocenters. The van der Waals surface area contributed by atoms with Gasteiger partial charge in [-0.3, -0.25) is 4.79 Å². The highest BCUT2D eigenvalue weighted by Gasteiger charge is 2.30. The van der Waals surface area contributed by atoms with Crippen molar-refractivity contribution in [3.63, 3.8) is 0 Å². The highest BCUT2D eigenvalue weighted by Crippen LogP contribution is 2.34. The first-order valence-corrected chi connectivity index (χ1v) is 13.1. The van der Waals surface area contributed by atoms with Crippen molar-refractivity contribution in [1.29, 1.82) is 0 Å². The highest BCUT2D eigenvalue weighted by molar-refractivity contribution is 7.89. The lowest BCUT2D eigenvalue weighted by Crippen LogP contribution is -2.39. The van der Waals surface area contributed by atoms with Crippen molar-refractivity contribution >= 4 is 15.9 Å². The van der Waals surface area contributed by atoms with E-state index in [9.17, 15) is 13.2 Å². The van der Waals surface area contributed by atoms with E-state index in [0.29, 0.717) is 11.4 Å². The number of amides is 1. The average molecular weight is 434 g/mol. The summed E-state index contributed by atoms with van der Waals surface area (Å²) in [6.45, 7) is 5.54. The summed E-state index contributed by atoms with van der Waals surface area (Å²) in [4.78, 5) is 15.2. The number of hydrogen-bond donors (Lipinski definition) is 2. The predicted molar refractivity (Wildman–Crippen MR) is 118 cm³/mol. The summed E-state index contributed by atoms with van der Waals surface area (Å²) in [7, 11) is -3.55. The minimum Gasteiger partial charge on any atom is -0.349 e. The van der Waals surface area contributed by atoms with Gasteiger partial charge in [0.05, 0.1) is 10.9 Å². The molecule has 6 nitrogen and oxygen atoms in total. The Balaban J connectivity index is 1.36. The Hall–Kier alpha value is -1.44. The van der Waals surface area contributed by atoms with Crippen molar-refractivity contribution in [1.82, 2.24) is 14.9 Å². The monoisotopic (exact) mass is 433 g/mol. The maximum Gasteiger partial charge on any atom is 0.240 e. The summed E-state index contributed by atoms with van der Waals surface area (Å²) in [5, 5.41) is 3.18. The van der Waals surface area contributed by atoms with Gasteiger partial charge in [0, 0.05) is 19.0 Å². The molecule has 1 aliphatic heterocycles. The molecule has 3 aliphatic rings. The number of nitrogens with one attached hydrogen (secondary N) is 2. The van der Waals surface area contributed by atoms with Crippen LogP contribution in [0.1, 0.15) is 69.0 Å². The quantitative estimate of drug-likeness (QED) is 0.693. The van der Waals surface area contributed by atoms with Crippen LogP contribution in [0.2, 0.25) is 0 Å². The number of hydrogen-bond acceptors (Lipinski definition) is 4. The van der Waals surface area contributed by atoms with Gasteiger partial charge in [0.25, 0.3) is 0 Å². The van der Waals surface area contributed by atoms with E-state index in [2.05, 4.69) is 21.9 Å². The van der Waals surface area contributed by atoms with Crippen LogP contribution in [0, 0.1) is 11.8 Å². The van der Waals surface area contributed by atoms with Crippen LogP contribution >= 0.6 is 0 Å². The third-order valence-corrected chi connectivity index (χ3v) is 8.60. The van der Waals surface area contributed by atoms with E-state index >= 15 is 0 Å². The molecule has 1 heterocycles. The highest BCUT2D eigenvalue weighted by atomic mass is 32.2. The lowest BCUT2D eigenvalue weighted by molar-refractivity contribution is -0.125. The fraction of sp³-hybridized carbons (Fsp3) is 0.696. The van der Waals surface area contributed by atoms with E-state index in [0.717, 1.165) is 75.2 Å². The maximum absolute atomic E-state index is 12.8. The predicted octanol–water partition coefficient (Wildman–Crippen LogP) is 2.99. The average Bonchev–Trinajstić information content (AvgIpc) is 3.40. The minimum atomic E-state index is -3.55. The van der Waals surface area contributed by atoms with Crippen LogP contribution in [-0.2, 0) is 21.2 Å². The topological polar surface area (TPSA) is 78.5 Å². The van der Waals surface area contributed by atoms with Crippen LogP contribution in [-0.4, -0.2) is 45.4 Å². The summed E-state index contributed by atoms with van der Waals surface area (Å²) in [5.41, 5.74) is 2.11. The van der Waals surface area contributed by atoms with Gasteiger partial charge in [-0.2, -0.15) is 0 Å². The second-order valence-corrected chi connectivity index (χ2v) is 11.1. The molecule has 2 N–H and O–H groups in total. The summed E-state index contributed by atoms with van der Waals surface area (Å²) in [6.07, 6.45) is 8.30. The molecule has 0 spiro atoms. The summed E-state index contributed by atoms with van der Waals surface area (Å²) in [6, 6.07) is 5.31. The van der Waals surface area contributed by atoms with E-state index in [-0.39, 0.29) is 17.9 Å². The number of aryl methyl sites for hydroxylation is 1. The fourth-order valence-corrected chi connectivity index (χ4v) is 6.14. The summed E-state index contributed by atoms with van der Waals surface area (Å²) in [5.74, 6) is 1.03. The summed E-state index contributed by atoms with van der Waals surface area (Å²) < 4.78 is 28.5. The molecule has 30 heavy (non-hydrogen) atoms. The molecule has 1 saturated carbocycles. The number of carbonyl (C=O) groups excluding carboxylic acids is 1. The largest absolute Gasteiger partial charge is 0.349 e. The SMILES string of the molecule is CC1CCN(CCNS(=O)(=O)c2ccc3c(c2)[C@@H](NC(=O)C2CCCC2)CC3)CC1. The van der Waals surface area contributed by atoms with E-state index in [1.54, 1.807) is 12.1 Å². The van der Waals surface area contributed by atoms with Gasteiger partial charge in [-0.05, 0) is 80.8 Å². The number of likely N-dealkylation sites (tertiary alicyclic amines) is 1. The van der Waals surface area contributed by atoms with Gasteiger partial charge in [0.1, 0.15) is 0 Å². The Morgan fingerprint density at radius 2 is 1.83 bits per heavy atom. The van der Waals surface area contributed by atoms with Gasteiger partial charge in [-0.15, -0.1) is 0 Å². The fourth-order valence-electron chi connectivity index (χ4n) is 5.08. The first-order chi connectivity index (χ1) is 14.4. The molecule has 1 amide bonds. The standard InChI is InChI=1S/C23H35N3O3S/c1-17-10-13-26(14-11-17)15-12-24-30(28,29)20-8-6-18-7-9-22(21(18)16-20)25-23(27)19-4-2-3-5-19/h6,8,16-17,19,22,24H,2-5,7,9-15H2,1H3,(H,25,27)/t22-/m0/s1. The Morgan fingerprint density at radius 3 is 2.57 bits per heavy atom. The Kier molecular flexibility index (Phi) is 6.80. The van der Waals surface area contributed by atoms with Crippen molar-refractivity contribution in [2.24, 2.45) is 11.8 Å². The molecule has 1 aromatic carbocycles. The molecular formula is C23H35N3O3S. The van der Waals surface area contributed by atoms with Crippen molar-refractivity contribution in [2.75, 3.05) is 26.2 Å². The molecule has 2 fully saturated rings. The molecule has 2 aliphatic carbocycles. The van der Waals surface area contributed by atoms with Gasteiger partial charge in [0.2, 0.25) is 15.9 Å².